The first kappa shape index (κ1) is 12.9. The van der Waals surface area contributed by atoms with Crippen molar-refractivity contribution in [2.45, 2.75) is 51.0 Å². The fourth-order valence-corrected chi connectivity index (χ4v) is 2.33. The van der Waals surface area contributed by atoms with E-state index in [1.54, 1.807) is 0 Å². The zero-order chi connectivity index (χ0) is 11.1. The van der Waals surface area contributed by atoms with Gasteiger partial charge in [0.1, 0.15) is 0 Å². The molecule has 1 saturated carbocycles. The number of rotatable bonds is 6. The Morgan fingerprint density at radius 3 is 2.53 bits per heavy atom. The van der Waals surface area contributed by atoms with Crippen LogP contribution >= 0.6 is 0 Å². The summed E-state index contributed by atoms with van der Waals surface area (Å²) in [5.74, 6) is 0.822. The smallest absolute Gasteiger partial charge is 0.0771 e. The van der Waals surface area contributed by atoms with Crippen LogP contribution in [0.1, 0.15) is 45.4 Å². The van der Waals surface area contributed by atoms with Crippen LogP contribution < -0.4 is 5.32 Å². The van der Waals surface area contributed by atoms with Gasteiger partial charge in [0.05, 0.1) is 5.60 Å². The Hall–Kier alpha value is -0.120. The van der Waals surface area contributed by atoms with Gasteiger partial charge < -0.3 is 15.5 Å². The first-order chi connectivity index (χ1) is 7.20. The van der Waals surface area contributed by atoms with E-state index >= 15 is 0 Å². The van der Waals surface area contributed by atoms with Crippen molar-refractivity contribution in [3.05, 3.63) is 0 Å². The second kappa shape index (κ2) is 6.46. The minimum absolute atomic E-state index is 0.226. The third-order valence-corrected chi connectivity index (χ3v) is 3.58. The summed E-state index contributed by atoms with van der Waals surface area (Å²) in [5, 5.41) is 22.1. The van der Waals surface area contributed by atoms with Crippen molar-refractivity contribution in [3.8, 4) is 0 Å². The summed E-state index contributed by atoms with van der Waals surface area (Å²) in [7, 11) is 0. The Bertz CT molecular complexity index is 165. The van der Waals surface area contributed by atoms with Crippen LogP contribution in [0.15, 0.2) is 0 Å². The predicted octanol–water partition coefficient (Wildman–Crippen LogP) is 1.29. The quantitative estimate of drug-likeness (QED) is 0.585. The minimum Gasteiger partial charge on any atom is -0.396 e. The molecule has 0 aromatic heterocycles. The minimum atomic E-state index is -0.485. The zero-order valence-corrected chi connectivity index (χ0v) is 9.84. The van der Waals surface area contributed by atoms with E-state index in [1.165, 1.54) is 6.42 Å². The monoisotopic (exact) mass is 215 g/mol. The SMILES string of the molecule is CCC1CCC(O)(CNCCCO)CC1. The van der Waals surface area contributed by atoms with Gasteiger partial charge in [-0.2, -0.15) is 0 Å². The molecule has 0 atom stereocenters. The van der Waals surface area contributed by atoms with E-state index in [-0.39, 0.29) is 6.61 Å². The molecule has 0 aliphatic heterocycles. The van der Waals surface area contributed by atoms with Crippen molar-refractivity contribution < 1.29 is 10.2 Å². The average Bonchev–Trinajstić information content (AvgIpc) is 2.26. The largest absolute Gasteiger partial charge is 0.396 e. The normalized spacial score (nSPS) is 31.8. The maximum Gasteiger partial charge on any atom is 0.0771 e. The van der Waals surface area contributed by atoms with Crippen LogP contribution in [0.3, 0.4) is 0 Å². The molecule has 0 bridgehead atoms. The van der Waals surface area contributed by atoms with Crippen molar-refractivity contribution in [1.29, 1.82) is 0 Å². The van der Waals surface area contributed by atoms with E-state index in [4.69, 9.17) is 5.11 Å². The Balaban J connectivity index is 2.17. The molecule has 90 valence electrons. The number of aliphatic hydroxyl groups excluding tert-OH is 1. The van der Waals surface area contributed by atoms with Gasteiger partial charge in [0, 0.05) is 13.2 Å². The predicted molar refractivity (Wildman–Crippen MR) is 61.8 cm³/mol. The molecule has 0 saturated heterocycles. The molecule has 1 rings (SSSR count). The molecule has 0 aromatic carbocycles. The van der Waals surface area contributed by atoms with Gasteiger partial charge in [-0.05, 0) is 44.6 Å². The van der Waals surface area contributed by atoms with E-state index < -0.39 is 5.60 Å². The molecule has 1 fully saturated rings. The van der Waals surface area contributed by atoms with Crippen LogP contribution in [0.4, 0.5) is 0 Å². The Labute approximate surface area is 92.9 Å². The fraction of sp³-hybridized carbons (Fsp3) is 1.00. The van der Waals surface area contributed by atoms with Crippen molar-refractivity contribution >= 4 is 0 Å². The maximum absolute atomic E-state index is 10.3. The Kier molecular flexibility index (Phi) is 5.58. The lowest BCUT2D eigenvalue weighted by Crippen LogP contribution is -2.43. The second-order valence-corrected chi connectivity index (χ2v) is 4.83. The lowest BCUT2D eigenvalue weighted by Gasteiger charge is -2.36. The molecule has 1 aliphatic rings. The maximum atomic E-state index is 10.3. The summed E-state index contributed by atoms with van der Waals surface area (Å²) in [6, 6.07) is 0. The highest BCUT2D eigenvalue weighted by atomic mass is 16.3. The molecule has 3 heteroatoms. The van der Waals surface area contributed by atoms with E-state index in [1.807, 2.05) is 0 Å². The topological polar surface area (TPSA) is 52.5 Å². The molecule has 3 N–H and O–H groups in total. The molecule has 15 heavy (non-hydrogen) atoms. The fourth-order valence-electron chi connectivity index (χ4n) is 2.33. The molecule has 1 aliphatic carbocycles. The first-order valence-corrected chi connectivity index (χ1v) is 6.24. The molecule has 0 amide bonds. The Morgan fingerprint density at radius 1 is 1.33 bits per heavy atom. The van der Waals surface area contributed by atoms with Crippen LogP contribution in [0.2, 0.25) is 0 Å². The van der Waals surface area contributed by atoms with E-state index in [9.17, 15) is 5.11 Å². The van der Waals surface area contributed by atoms with Crippen molar-refractivity contribution in [3.63, 3.8) is 0 Å². The van der Waals surface area contributed by atoms with Crippen LogP contribution in [-0.2, 0) is 0 Å². The van der Waals surface area contributed by atoms with Crippen LogP contribution in [0, 0.1) is 5.92 Å². The van der Waals surface area contributed by atoms with Gasteiger partial charge >= 0.3 is 0 Å². The molecule has 0 spiro atoms. The van der Waals surface area contributed by atoms with Gasteiger partial charge in [-0.15, -0.1) is 0 Å². The Morgan fingerprint density at radius 2 is 2.00 bits per heavy atom. The van der Waals surface area contributed by atoms with Crippen LogP contribution in [0.5, 0.6) is 0 Å². The molecule has 3 nitrogen and oxygen atoms in total. The molecule has 0 unspecified atom stereocenters. The van der Waals surface area contributed by atoms with Gasteiger partial charge in [-0.3, -0.25) is 0 Å². The van der Waals surface area contributed by atoms with E-state index in [0.717, 1.165) is 44.6 Å². The number of hydrogen-bond acceptors (Lipinski definition) is 3. The summed E-state index contributed by atoms with van der Waals surface area (Å²) >= 11 is 0. The van der Waals surface area contributed by atoms with E-state index in [0.29, 0.717) is 6.54 Å². The van der Waals surface area contributed by atoms with Gasteiger partial charge in [-0.1, -0.05) is 13.3 Å². The van der Waals surface area contributed by atoms with Gasteiger partial charge in [0.15, 0.2) is 0 Å². The zero-order valence-electron chi connectivity index (χ0n) is 9.84. The third kappa shape index (κ3) is 4.49. The third-order valence-electron chi connectivity index (χ3n) is 3.58. The van der Waals surface area contributed by atoms with Gasteiger partial charge in [-0.25, -0.2) is 0 Å². The molecule has 0 heterocycles. The van der Waals surface area contributed by atoms with Crippen molar-refractivity contribution in [2.24, 2.45) is 5.92 Å². The summed E-state index contributed by atoms with van der Waals surface area (Å²) in [6.07, 6.45) is 6.19. The van der Waals surface area contributed by atoms with Crippen LogP contribution in [0.25, 0.3) is 0 Å². The highest BCUT2D eigenvalue weighted by molar-refractivity contribution is 4.86. The first-order valence-electron chi connectivity index (χ1n) is 6.24. The summed E-state index contributed by atoms with van der Waals surface area (Å²) in [5.41, 5.74) is -0.485. The molecular weight excluding hydrogens is 190 g/mol. The standard InChI is InChI=1S/C12H25NO2/c1-2-11-4-6-12(15,7-5-11)10-13-8-3-9-14/h11,13-15H,2-10H2,1H3. The summed E-state index contributed by atoms with van der Waals surface area (Å²) in [6.45, 7) is 3.94. The second-order valence-electron chi connectivity index (χ2n) is 4.83. The highest BCUT2D eigenvalue weighted by Crippen LogP contribution is 2.33. The number of hydrogen-bond donors (Lipinski definition) is 3. The molecule has 0 radical (unpaired) electrons. The van der Waals surface area contributed by atoms with E-state index in [2.05, 4.69) is 12.2 Å². The van der Waals surface area contributed by atoms with Crippen molar-refractivity contribution in [1.82, 2.24) is 5.32 Å². The van der Waals surface area contributed by atoms with Crippen molar-refractivity contribution in [2.75, 3.05) is 19.7 Å². The molecule has 0 aromatic rings. The molecular formula is C12H25NO2. The number of aliphatic hydroxyl groups is 2. The summed E-state index contributed by atoms with van der Waals surface area (Å²) in [4.78, 5) is 0. The lowest BCUT2D eigenvalue weighted by atomic mass is 9.78. The van der Waals surface area contributed by atoms with Gasteiger partial charge in [0.2, 0.25) is 0 Å². The average molecular weight is 215 g/mol. The number of nitrogens with one attached hydrogen (secondary N) is 1. The van der Waals surface area contributed by atoms with Gasteiger partial charge in [0.25, 0.3) is 0 Å². The highest BCUT2D eigenvalue weighted by Gasteiger charge is 2.31. The van der Waals surface area contributed by atoms with Crippen LogP contribution in [-0.4, -0.2) is 35.5 Å². The lowest BCUT2D eigenvalue weighted by molar-refractivity contribution is -0.00863. The summed E-state index contributed by atoms with van der Waals surface area (Å²) < 4.78 is 0.